The molecule has 8 nitrogen and oxygen atoms in total. The Bertz CT molecular complexity index is 888. The number of hydrogen-bond acceptors (Lipinski definition) is 4. The molecule has 5 N–H and O–H groups in total. The SMILES string of the molecule is CCCCC.Cc1cc2cn(C3=CCN(CCCN=C(N)N)CC3)c(=O)nc2[nH]1. The molecule has 0 radical (unpaired) electrons. The third kappa shape index (κ3) is 7.05. The fraction of sp³-hybridized carbons (Fsp3) is 0.571. The topological polar surface area (TPSA) is 118 Å². The summed E-state index contributed by atoms with van der Waals surface area (Å²) < 4.78 is 1.66. The van der Waals surface area contributed by atoms with Crippen molar-refractivity contribution < 1.29 is 0 Å². The predicted octanol–water partition coefficient (Wildman–Crippen LogP) is 2.44. The maximum Gasteiger partial charge on any atom is 0.353 e. The highest BCUT2D eigenvalue weighted by molar-refractivity contribution is 5.76. The first kappa shape index (κ1) is 22.7. The predicted molar refractivity (Wildman–Crippen MR) is 121 cm³/mol. The molecule has 0 aliphatic carbocycles. The molecule has 1 aliphatic rings. The summed E-state index contributed by atoms with van der Waals surface area (Å²) in [6, 6.07) is 2.00. The highest BCUT2D eigenvalue weighted by atomic mass is 16.1. The number of fused-ring (bicyclic) bond motifs is 1. The molecule has 3 rings (SSSR count). The number of hydrogen-bond donors (Lipinski definition) is 3. The van der Waals surface area contributed by atoms with Crippen molar-refractivity contribution in [3.05, 3.63) is 34.5 Å². The summed E-state index contributed by atoms with van der Waals surface area (Å²) >= 11 is 0. The van der Waals surface area contributed by atoms with Gasteiger partial charge in [0.05, 0.1) is 0 Å². The molecule has 0 bridgehead atoms. The van der Waals surface area contributed by atoms with E-state index in [0.29, 0.717) is 12.2 Å². The second kappa shape index (κ2) is 11.4. The van der Waals surface area contributed by atoms with E-state index in [1.54, 1.807) is 4.57 Å². The van der Waals surface area contributed by atoms with E-state index in [-0.39, 0.29) is 11.6 Å². The molecule has 2 aromatic heterocycles. The third-order valence-electron chi connectivity index (χ3n) is 4.86. The molecule has 29 heavy (non-hydrogen) atoms. The van der Waals surface area contributed by atoms with Gasteiger partial charge >= 0.3 is 5.69 Å². The van der Waals surface area contributed by atoms with E-state index < -0.39 is 0 Å². The number of H-pyrrole nitrogens is 1. The molecule has 0 saturated heterocycles. The number of aromatic amines is 1. The smallest absolute Gasteiger partial charge is 0.353 e. The van der Waals surface area contributed by atoms with E-state index in [2.05, 4.69) is 39.8 Å². The van der Waals surface area contributed by atoms with Crippen LogP contribution in [0.3, 0.4) is 0 Å². The molecule has 1 aliphatic heterocycles. The lowest BCUT2D eigenvalue weighted by molar-refractivity contribution is 0.297. The van der Waals surface area contributed by atoms with E-state index >= 15 is 0 Å². The minimum Gasteiger partial charge on any atom is -0.370 e. The number of aryl methyl sites for hydroxylation is 1. The summed E-state index contributed by atoms with van der Waals surface area (Å²) in [4.78, 5) is 25.8. The Hall–Kier alpha value is -2.61. The second-order valence-electron chi connectivity index (χ2n) is 7.41. The van der Waals surface area contributed by atoms with Crippen LogP contribution in [0.2, 0.25) is 0 Å². The van der Waals surface area contributed by atoms with Crippen LogP contribution in [0.5, 0.6) is 0 Å². The van der Waals surface area contributed by atoms with Gasteiger partial charge in [-0.3, -0.25) is 14.5 Å². The van der Waals surface area contributed by atoms with Crippen LogP contribution in [0.1, 0.15) is 51.6 Å². The molecule has 0 unspecified atom stereocenters. The van der Waals surface area contributed by atoms with Crippen molar-refractivity contribution in [2.24, 2.45) is 16.5 Å². The van der Waals surface area contributed by atoms with Crippen molar-refractivity contribution >= 4 is 22.7 Å². The van der Waals surface area contributed by atoms with E-state index in [0.717, 1.165) is 49.3 Å². The summed E-state index contributed by atoms with van der Waals surface area (Å²) in [5, 5.41) is 0.952. The Morgan fingerprint density at radius 2 is 2.03 bits per heavy atom. The maximum atomic E-state index is 12.2. The number of nitrogens with one attached hydrogen (secondary N) is 1. The third-order valence-corrected chi connectivity index (χ3v) is 4.86. The molecule has 0 atom stereocenters. The van der Waals surface area contributed by atoms with Crippen molar-refractivity contribution in [3.63, 3.8) is 0 Å². The zero-order chi connectivity index (χ0) is 21.2. The van der Waals surface area contributed by atoms with Gasteiger partial charge in [0.1, 0.15) is 5.65 Å². The van der Waals surface area contributed by atoms with Gasteiger partial charge in [0.2, 0.25) is 0 Å². The molecule has 160 valence electrons. The summed E-state index contributed by atoms with van der Waals surface area (Å²) in [5.74, 6) is 0.137. The van der Waals surface area contributed by atoms with Gasteiger partial charge in [-0.15, -0.1) is 0 Å². The van der Waals surface area contributed by atoms with Crippen LogP contribution >= 0.6 is 0 Å². The number of aliphatic imine (C=N–C) groups is 1. The van der Waals surface area contributed by atoms with Gasteiger partial charge < -0.3 is 16.5 Å². The average molecular weight is 402 g/mol. The van der Waals surface area contributed by atoms with Crippen LogP contribution in [0, 0.1) is 6.92 Å². The average Bonchev–Trinajstić information content (AvgIpc) is 3.05. The molecule has 2 aromatic rings. The number of nitrogens with zero attached hydrogens (tertiary/aromatic N) is 4. The van der Waals surface area contributed by atoms with Crippen molar-refractivity contribution in [3.8, 4) is 0 Å². The van der Waals surface area contributed by atoms with Gasteiger partial charge in [0.25, 0.3) is 0 Å². The number of guanidine groups is 1. The maximum absolute atomic E-state index is 12.2. The fourth-order valence-corrected chi connectivity index (χ4v) is 3.32. The Kier molecular flexibility index (Phi) is 8.92. The van der Waals surface area contributed by atoms with Gasteiger partial charge in [0, 0.05) is 55.6 Å². The summed E-state index contributed by atoms with van der Waals surface area (Å²) in [6.45, 7) is 9.67. The standard InChI is InChI=1S/C16H23N7O.C5H12/c1-11-9-12-10-23(16(24)21-14(12)20-11)13-3-7-22(8-4-13)6-2-5-19-15(17)18;1-3-5-4-2/h3,9-10H,2,4-8H2,1H3,(H4,17,18,19)(H,20,21,24);3-5H2,1-2H3. The first-order valence-corrected chi connectivity index (χ1v) is 10.5. The van der Waals surface area contributed by atoms with E-state index in [1.165, 1.54) is 19.3 Å². The number of nitrogens with two attached hydrogens (primary N) is 2. The fourth-order valence-electron chi connectivity index (χ4n) is 3.32. The molecular weight excluding hydrogens is 366 g/mol. The molecule has 8 heteroatoms. The molecular formula is C21H35N7O. The van der Waals surface area contributed by atoms with E-state index in [4.69, 9.17) is 11.5 Å². The lowest BCUT2D eigenvalue weighted by Gasteiger charge is -2.26. The molecule has 0 fully saturated rings. The van der Waals surface area contributed by atoms with Crippen LogP contribution in [-0.4, -0.2) is 51.6 Å². The first-order chi connectivity index (χ1) is 13.9. The monoisotopic (exact) mass is 401 g/mol. The van der Waals surface area contributed by atoms with Gasteiger partial charge in [0.15, 0.2) is 5.96 Å². The van der Waals surface area contributed by atoms with E-state index in [9.17, 15) is 4.79 Å². The lowest BCUT2D eigenvalue weighted by Crippen LogP contribution is -2.33. The minimum atomic E-state index is -0.239. The molecule has 0 spiro atoms. The van der Waals surface area contributed by atoms with Gasteiger partial charge in [-0.1, -0.05) is 39.2 Å². The van der Waals surface area contributed by atoms with Crippen LogP contribution in [0.15, 0.2) is 28.1 Å². The summed E-state index contributed by atoms with van der Waals surface area (Å²) in [5.41, 5.74) is 13.0. The van der Waals surface area contributed by atoms with Crippen LogP contribution in [-0.2, 0) is 0 Å². The lowest BCUT2D eigenvalue weighted by atomic mass is 10.2. The van der Waals surface area contributed by atoms with Crippen molar-refractivity contribution in [2.45, 2.75) is 52.9 Å². The highest BCUT2D eigenvalue weighted by Crippen LogP contribution is 2.17. The molecule has 0 aromatic carbocycles. The van der Waals surface area contributed by atoms with Gasteiger partial charge in [-0.05, 0) is 19.4 Å². The molecule has 0 amide bonds. The Labute approximate surface area is 172 Å². The van der Waals surface area contributed by atoms with Crippen LogP contribution < -0.4 is 17.2 Å². The Morgan fingerprint density at radius 1 is 1.28 bits per heavy atom. The minimum absolute atomic E-state index is 0.137. The van der Waals surface area contributed by atoms with E-state index in [1.807, 2.05) is 19.2 Å². The molecule has 3 heterocycles. The summed E-state index contributed by atoms with van der Waals surface area (Å²) in [7, 11) is 0. The van der Waals surface area contributed by atoms with Crippen molar-refractivity contribution in [1.29, 1.82) is 0 Å². The van der Waals surface area contributed by atoms with Crippen molar-refractivity contribution in [2.75, 3.05) is 26.2 Å². The van der Waals surface area contributed by atoms with Crippen LogP contribution in [0.25, 0.3) is 16.7 Å². The largest absolute Gasteiger partial charge is 0.370 e. The summed E-state index contributed by atoms with van der Waals surface area (Å²) in [6.07, 6.45) is 9.77. The number of aromatic nitrogens is 3. The van der Waals surface area contributed by atoms with Gasteiger partial charge in [-0.25, -0.2) is 4.79 Å². The zero-order valence-electron chi connectivity index (χ0n) is 17.9. The van der Waals surface area contributed by atoms with Gasteiger partial charge in [-0.2, -0.15) is 4.98 Å². The molecule has 0 saturated carbocycles. The number of rotatable bonds is 7. The Morgan fingerprint density at radius 3 is 2.62 bits per heavy atom. The normalized spacial score (nSPS) is 14.2. The first-order valence-electron chi connectivity index (χ1n) is 10.5. The number of unbranched alkanes of at least 4 members (excludes halogenated alkanes) is 2. The zero-order valence-corrected chi connectivity index (χ0v) is 17.9. The Balaban J connectivity index is 0.000000537. The quantitative estimate of drug-likeness (QED) is 0.374. The van der Waals surface area contributed by atoms with Crippen LogP contribution in [0.4, 0.5) is 0 Å². The second-order valence-corrected chi connectivity index (χ2v) is 7.41. The highest BCUT2D eigenvalue weighted by Gasteiger charge is 2.14. The van der Waals surface area contributed by atoms with Crippen molar-refractivity contribution in [1.82, 2.24) is 19.4 Å².